The first-order valence-corrected chi connectivity index (χ1v) is 12.2. The van der Waals surface area contributed by atoms with E-state index in [9.17, 15) is 0 Å². The van der Waals surface area contributed by atoms with Crippen LogP contribution in [-0.4, -0.2) is 54.6 Å². The highest BCUT2D eigenvalue weighted by molar-refractivity contribution is 6.30. The van der Waals surface area contributed by atoms with Gasteiger partial charge in [0.1, 0.15) is 12.4 Å². The molecule has 5 heteroatoms. The van der Waals surface area contributed by atoms with Crippen LogP contribution in [0.2, 0.25) is 5.02 Å². The maximum atomic E-state index is 6.16. The zero-order chi connectivity index (χ0) is 23.1. The van der Waals surface area contributed by atoms with Gasteiger partial charge in [-0.1, -0.05) is 54.9 Å². The molecule has 0 amide bonds. The highest BCUT2D eigenvalue weighted by Gasteiger charge is 2.33. The molecule has 0 bridgehead atoms. The van der Waals surface area contributed by atoms with E-state index in [0.717, 1.165) is 49.3 Å². The molecule has 1 atom stereocenters. The lowest BCUT2D eigenvalue weighted by Crippen LogP contribution is -2.45. The summed E-state index contributed by atoms with van der Waals surface area (Å²) in [7, 11) is 2.22. The number of pyridine rings is 1. The van der Waals surface area contributed by atoms with E-state index >= 15 is 0 Å². The van der Waals surface area contributed by atoms with Crippen LogP contribution < -0.4 is 4.74 Å². The summed E-state index contributed by atoms with van der Waals surface area (Å²) in [5.41, 5.74) is 2.56. The number of likely N-dealkylation sites (tertiary alicyclic amines) is 1. The fourth-order valence-corrected chi connectivity index (χ4v) is 4.94. The van der Waals surface area contributed by atoms with E-state index in [-0.39, 0.29) is 11.5 Å². The fourth-order valence-electron chi connectivity index (χ4n) is 4.81. The second-order valence-corrected chi connectivity index (χ2v) is 9.87. The molecule has 1 aliphatic rings. The number of para-hydroxylation sites is 1. The Bertz CT molecular complexity index is 973. The molecule has 4 rings (SSSR count). The molecule has 1 aliphatic heterocycles. The minimum absolute atomic E-state index is 0.109. The summed E-state index contributed by atoms with van der Waals surface area (Å²) >= 11 is 6.16. The topological polar surface area (TPSA) is 28.6 Å². The summed E-state index contributed by atoms with van der Waals surface area (Å²) in [5, 5.41) is 0.761. The first-order chi connectivity index (χ1) is 16.0. The van der Waals surface area contributed by atoms with Crippen LogP contribution in [-0.2, 0) is 0 Å². The molecule has 1 unspecified atom stereocenters. The number of nitrogens with zero attached hydrogens (tertiary/aromatic N) is 3. The second kappa shape index (κ2) is 11.1. The van der Waals surface area contributed by atoms with Crippen LogP contribution in [0.5, 0.6) is 5.75 Å². The number of piperidine rings is 1. The van der Waals surface area contributed by atoms with Crippen molar-refractivity contribution >= 4 is 11.6 Å². The number of halogens is 1. The molecule has 0 radical (unpaired) electrons. The third-order valence-corrected chi connectivity index (χ3v) is 6.96. The van der Waals surface area contributed by atoms with Crippen molar-refractivity contribution in [2.24, 2.45) is 5.41 Å². The van der Waals surface area contributed by atoms with Gasteiger partial charge >= 0.3 is 0 Å². The predicted octanol–water partition coefficient (Wildman–Crippen LogP) is 5.94. The molecule has 0 spiro atoms. The first kappa shape index (κ1) is 23.7. The van der Waals surface area contributed by atoms with Gasteiger partial charge in [0.25, 0.3) is 0 Å². The van der Waals surface area contributed by atoms with Crippen LogP contribution in [0.25, 0.3) is 0 Å². The molecule has 1 saturated heterocycles. The molecule has 4 nitrogen and oxygen atoms in total. The van der Waals surface area contributed by atoms with Crippen LogP contribution in [0.3, 0.4) is 0 Å². The lowest BCUT2D eigenvalue weighted by Gasteiger charge is -2.43. The monoisotopic (exact) mass is 463 g/mol. The molecule has 0 aliphatic carbocycles. The van der Waals surface area contributed by atoms with E-state index in [2.05, 4.69) is 53.0 Å². The molecule has 2 heterocycles. The van der Waals surface area contributed by atoms with Crippen LogP contribution in [0, 0.1) is 5.41 Å². The maximum Gasteiger partial charge on any atom is 0.119 e. The summed E-state index contributed by atoms with van der Waals surface area (Å²) in [6, 6.07) is 24.5. The maximum absolute atomic E-state index is 6.16. The number of benzene rings is 2. The van der Waals surface area contributed by atoms with Gasteiger partial charge in [-0.25, -0.2) is 0 Å². The highest BCUT2D eigenvalue weighted by Crippen LogP contribution is 2.35. The quantitative estimate of drug-likeness (QED) is 0.392. The average Bonchev–Trinajstić information content (AvgIpc) is 2.83. The van der Waals surface area contributed by atoms with Crippen molar-refractivity contribution in [2.75, 3.05) is 39.8 Å². The van der Waals surface area contributed by atoms with Gasteiger partial charge in [-0.15, -0.1) is 0 Å². The van der Waals surface area contributed by atoms with Gasteiger partial charge in [0, 0.05) is 24.3 Å². The van der Waals surface area contributed by atoms with Crippen LogP contribution in [0.1, 0.15) is 37.1 Å². The Morgan fingerprint density at radius 2 is 1.70 bits per heavy atom. The molecule has 174 valence electrons. The van der Waals surface area contributed by atoms with Gasteiger partial charge in [-0.2, -0.15) is 0 Å². The summed E-state index contributed by atoms with van der Waals surface area (Å²) in [6.45, 7) is 7.38. The van der Waals surface area contributed by atoms with Crippen molar-refractivity contribution < 1.29 is 4.74 Å². The molecule has 33 heavy (non-hydrogen) atoms. The Balaban J connectivity index is 1.35. The lowest BCUT2D eigenvalue weighted by molar-refractivity contribution is 0.0675. The summed E-state index contributed by atoms with van der Waals surface area (Å²) in [4.78, 5) is 9.67. The van der Waals surface area contributed by atoms with Gasteiger partial charge in [-0.3, -0.25) is 14.8 Å². The van der Waals surface area contributed by atoms with E-state index in [1.54, 1.807) is 0 Å². The predicted molar refractivity (Wildman–Crippen MR) is 136 cm³/mol. The molecule has 1 aromatic heterocycles. The average molecular weight is 464 g/mol. The number of aromatic nitrogens is 1. The largest absolute Gasteiger partial charge is 0.492 e. The molecular weight excluding hydrogens is 430 g/mol. The summed E-state index contributed by atoms with van der Waals surface area (Å²) in [6.07, 6.45) is 4.24. The van der Waals surface area contributed by atoms with Gasteiger partial charge < -0.3 is 4.74 Å². The van der Waals surface area contributed by atoms with E-state index in [1.807, 2.05) is 54.7 Å². The van der Waals surface area contributed by atoms with Gasteiger partial charge in [0.05, 0.1) is 11.7 Å². The minimum atomic E-state index is 0.109. The Kier molecular flexibility index (Phi) is 8.02. The normalized spacial score (nSPS) is 17.1. The van der Waals surface area contributed by atoms with E-state index in [0.29, 0.717) is 0 Å². The molecule has 0 saturated carbocycles. The van der Waals surface area contributed by atoms with E-state index in [4.69, 9.17) is 16.3 Å². The van der Waals surface area contributed by atoms with Crippen molar-refractivity contribution in [1.82, 2.24) is 14.8 Å². The molecule has 0 N–H and O–H groups in total. The number of hydrogen-bond acceptors (Lipinski definition) is 4. The van der Waals surface area contributed by atoms with Gasteiger partial charge in [0.2, 0.25) is 0 Å². The summed E-state index contributed by atoms with van der Waals surface area (Å²) < 4.78 is 5.90. The molecule has 1 fully saturated rings. The fraction of sp³-hybridized carbons (Fsp3) is 0.393. The first-order valence-electron chi connectivity index (χ1n) is 11.8. The van der Waals surface area contributed by atoms with Crippen molar-refractivity contribution in [1.29, 1.82) is 0 Å². The highest BCUT2D eigenvalue weighted by atomic mass is 35.5. The third-order valence-electron chi connectivity index (χ3n) is 6.71. The van der Waals surface area contributed by atoms with Crippen LogP contribution >= 0.6 is 11.6 Å². The zero-order valence-electron chi connectivity index (χ0n) is 19.7. The smallest absolute Gasteiger partial charge is 0.119 e. The van der Waals surface area contributed by atoms with Crippen LogP contribution in [0.15, 0.2) is 79.0 Å². The van der Waals surface area contributed by atoms with Crippen molar-refractivity contribution in [3.8, 4) is 5.75 Å². The number of rotatable bonds is 9. The number of hydrogen-bond donors (Lipinski definition) is 0. The van der Waals surface area contributed by atoms with Gasteiger partial charge in [0.15, 0.2) is 0 Å². The molecule has 3 aromatic rings. The van der Waals surface area contributed by atoms with Gasteiger partial charge in [-0.05, 0) is 80.4 Å². The minimum Gasteiger partial charge on any atom is -0.492 e. The van der Waals surface area contributed by atoms with Crippen molar-refractivity contribution in [2.45, 2.75) is 25.8 Å². The standard InChI is InChI=1S/C28H34ClN3O/c1-28(15-18-32(19-16-28)20-21-33-25-8-4-3-5-9-25)22-31(2)27(26-10-6-7-17-30-26)23-11-13-24(29)14-12-23/h3-14,17,27H,15-16,18-22H2,1-2H3. The SMILES string of the molecule is CN(CC1(C)CCN(CCOc2ccccc2)CC1)C(c1ccc(Cl)cc1)c1ccccn1. The van der Waals surface area contributed by atoms with Crippen molar-refractivity contribution in [3.63, 3.8) is 0 Å². The molecule has 2 aromatic carbocycles. The third kappa shape index (κ3) is 6.57. The zero-order valence-corrected chi connectivity index (χ0v) is 20.4. The Hall–Kier alpha value is -2.40. The van der Waals surface area contributed by atoms with Crippen molar-refractivity contribution in [3.05, 3.63) is 95.3 Å². The lowest BCUT2D eigenvalue weighted by atomic mass is 9.79. The molecular formula is C28H34ClN3O. The Morgan fingerprint density at radius 1 is 1.00 bits per heavy atom. The summed E-state index contributed by atoms with van der Waals surface area (Å²) in [5.74, 6) is 0.948. The Morgan fingerprint density at radius 3 is 2.36 bits per heavy atom. The second-order valence-electron chi connectivity index (χ2n) is 9.44. The number of ether oxygens (including phenoxy) is 1. The van der Waals surface area contributed by atoms with E-state index < -0.39 is 0 Å². The van der Waals surface area contributed by atoms with Crippen LogP contribution in [0.4, 0.5) is 0 Å². The van der Waals surface area contributed by atoms with E-state index in [1.165, 1.54) is 18.4 Å². The Labute approximate surface area is 203 Å².